The van der Waals surface area contributed by atoms with Crippen molar-refractivity contribution in [1.82, 2.24) is 0 Å². The van der Waals surface area contributed by atoms with Gasteiger partial charge in [0.1, 0.15) is 0 Å². The van der Waals surface area contributed by atoms with Crippen molar-refractivity contribution in [3.05, 3.63) is 93.7 Å². The molecule has 0 bridgehead atoms. The van der Waals surface area contributed by atoms with E-state index in [0.717, 1.165) is 80.8 Å². The third kappa shape index (κ3) is 9.26. The fraction of sp³-hybridized carbons (Fsp3) is 0.200. The van der Waals surface area contributed by atoms with Gasteiger partial charge >= 0.3 is 23.9 Å². The van der Waals surface area contributed by atoms with Crippen LogP contribution in [0.4, 0.5) is 0 Å². The van der Waals surface area contributed by atoms with E-state index in [4.69, 9.17) is 0 Å². The zero-order chi connectivity index (χ0) is 38.6. The third-order valence-electron chi connectivity index (χ3n) is 8.74. The van der Waals surface area contributed by atoms with Crippen LogP contribution in [0, 0.1) is 0 Å². The Morgan fingerprint density at radius 1 is 0.364 bits per heavy atom. The molecule has 0 aliphatic carbocycles. The lowest BCUT2D eigenvalue weighted by Gasteiger charge is -2.01. The van der Waals surface area contributed by atoms with E-state index >= 15 is 0 Å². The molecule has 0 saturated heterocycles. The maximum absolute atomic E-state index is 11.7. The predicted molar refractivity (Wildman–Crippen MR) is 228 cm³/mol. The Balaban J connectivity index is 1.19. The maximum Gasteiger partial charge on any atom is 0.303 e. The van der Waals surface area contributed by atoms with Crippen LogP contribution in [-0.4, -0.2) is 44.3 Å². The molecule has 0 unspecified atom stereocenters. The molecule has 55 heavy (non-hydrogen) atoms. The van der Waals surface area contributed by atoms with Crippen LogP contribution < -0.4 is 0 Å². The van der Waals surface area contributed by atoms with Crippen LogP contribution in [0.5, 0.6) is 0 Å². The fourth-order valence-electron chi connectivity index (χ4n) is 6.12. The van der Waals surface area contributed by atoms with Crippen molar-refractivity contribution in [2.75, 3.05) is 0 Å². The molecular weight excluding hydrogens is 833 g/mol. The number of carbonyl (C=O) groups is 4. The molecule has 7 heterocycles. The van der Waals surface area contributed by atoms with E-state index in [0.29, 0.717) is 25.7 Å². The molecule has 0 fully saturated rings. The first-order valence-corrected chi connectivity index (χ1v) is 22.9. The summed E-state index contributed by atoms with van der Waals surface area (Å²) in [6, 6.07) is 20.6. The highest BCUT2D eigenvalue weighted by atomic mass is 32.1. The Morgan fingerprint density at radius 3 is 1.04 bits per heavy atom. The second-order valence-electron chi connectivity index (χ2n) is 12.5. The minimum Gasteiger partial charge on any atom is -0.481 e. The van der Waals surface area contributed by atoms with Crippen molar-refractivity contribution in [3.63, 3.8) is 0 Å². The summed E-state index contributed by atoms with van der Waals surface area (Å²) in [6.45, 7) is 0. The van der Waals surface area contributed by atoms with Crippen molar-refractivity contribution in [1.29, 1.82) is 0 Å². The van der Waals surface area contributed by atoms with Gasteiger partial charge in [0.05, 0.1) is 0 Å². The van der Waals surface area contributed by atoms with Gasteiger partial charge in [-0.1, -0.05) is 0 Å². The van der Waals surface area contributed by atoms with Crippen molar-refractivity contribution >= 4 is 103 Å². The number of hydrogen-bond acceptors (Lipinski definition) is 11. The van der Waals surface area contributed by atoms with Crippen molar-refractivity contribution in [3.8, 4) is 58.5 Å². The summed E-state index contributed by atoms with van der Waals surface area (Å²) in [5, 5.41) is 41.5. The second-order valence-corrected chi connectivity index (χ2v) is 19.7. The van der Waals surface area contributed by atoms with Crippen molar-refractivity contribution < 1.29 is 39.6 Å². The summed E-state index contributed by atoms with van der Waals surface area (Å²) in [5.41, 5.74) is 3.96. The van der Waals surface area contributed by atoms with E-state index < -0.39 is 23.9 Å². The first-order chi connectivity index (χ1) is 26.5. The second kappa shape index (κ2) is 17.3. The van der Waals surface area contributed by atoms with E-state index in [2.05, 4.69) is 48.5 Å². The summed E-state index contributed by atoms with van der Waals surface area (Å²) in [4.78, 5) is 58.3. The van der Waals surface area contributed by atoms with Gasteiger partial charge in [0, 0.05) is 84.2 Å². The number of aryl methyl sites for hydroxylation is 4. The molecule has 7 aromatic heterocycles. The van der Waals surface area contributed by atoms with Gasteiger partial charge in [-0.3, -0.25) is 19.2 Å². The van der Waals surface area contributed by atoms with Crippen LogP contribution in [-0.2, 0) is 44.9 Å². The van der Waals surface area contributed by atoms with Gasteiger partial charge < -0.3 is 20.4 Å². The largest absolute Gasteiger partial charge is 0.481 e. The molecule has 8 nitrogen and oxygen atoms in total. The zero-order valence-electron chi connectivity index (χ0n) is 28.9. The van der Waals surface area contributed by atoms with Crippen LogP contribution in [0.15, 0.2) is 71.4 Å². The Labute approximate surface area is 343 Å². The van der Waals surface area contributed by atoms with Crippen LogP contribution in [0.25, 0.3) is 58.5 Å². The average molecular weight is 865 g/mol. The Bertz CT molecular complexity index is 2330. The Morgan fingerprint density at radius 2 is 0.673 bits per heavy atom. The first-order valence-electron chi connectivity index (χ1n) is 17.1. The van der Waals surface area contributed by atoms with E-state index in [1.54, 1.807) is 79.4 Å². The lowest BCUT2D eigenvalue weighted by Crippen LogP contribution is -1.97. The molecule has 0 aliphatic rings. The van der Waals surface area contributed by atoms with Crippen LogP contribution in [0.1, 0.15) is 47.9 Å². The SMILES string of the molecule is O=C(O)CCc1ccsc1-c1ccc(-c2cc(CCC(=O)O)c(-c3ccc(-c4sc(-c5ccc(-c6sccc6CCC(=O)O)s5)cc4CCC(=O)O)s3)s2)s1. The van der Waals surface area contributed by atoms with Gasteiger partial charge in [0.25, 0.3) is 0 Å². The first kappa shape index (κ1) is 39.0. The van der Waals surface area contributed by atoms with E-state index in [1.165, 1.54) is 0 Å². The number of rotatable bonds is 18. The predicted octanol–water partition coefficient (Wildman–Crippen LogP) is 12.2. The normalized spacial score (nSPS) is 11.3. The summed E-state index contributed by atoms with van der Waals surface area (Å²) in [5.74, 6) is -3.38. The zero-order valence-corrected chi connectivity index (χ0v) is 34.6. The molecule has 0 atom stereocenters. The van der Waals surface area contributed by atoms with Gasteiger partial charge in [-0.05, 0) is 119 Å². The average Bonchev–Trinajstić information content (AvgIpc) is 3.98. The van der Waals surface area contributed by atoms with Gasteiger partial charge in [0.2, 0.25) is 0 Å². The van der Waals surface area contributed by atoms with Gasteiger partial charge in [-0.25, -0.2) is 0 Å². The molecule has 0 spiro atoms. The third-order valence-corrected chi connectivity index (χ3v) is 17.4. The maximum atomic E-state index is 11.7. The molecule has 15 heteroatoms. The topological polar surface area (TPSA) is 149 Å². The number of carboxylic acid groups (broad SMARTS) is 4. The molecule has 7 rings (SSSR count). The molecule has 0 amide bonds. The lowest BCUT2D eigenvalue weighted by molar-refractivity contribution is -0.138. The molecule has 0 aliphatic heterocycles. The highest BCUT2D eigenvalue weighted by Gasteiger charge is 2.21. The Hall–Kier alpha value is -4.22. The summed E-state index contributed by atoms with van der Waals surface area (Å²) < 4.78 is 0. The minimum absolute atomic E-state index is 0.00216. The van der Waals surface area contributed by atoms with Gasteiger partial charge in [-0.2, -0.15) is 0 Å². The Kier molecular flexibility index (Phi) is 12.3. The number of hydrogen-bond donors (Lipinski definition) is 4. The summed E-state index contributed by atoms with van der Waals surface area (Å²) in [6.07, 6.45) is 1.85. The standard InChI is InChI=1S/C40H32O8S7/c41-33(42)11-1-21-15-17-49-37(21)27-7-5-25(51-27)31-19-23(3-13-35(45)46)39(54-31)29-9-10-30(53-29)40-24(4-14-36(47)48)20-32(55-40)26-6-8-28(52-26)38-22(16-18-50-38)2-12-34(43)44/h5-10,15-20H,1-4,11-14H2,(H,41,42)(H,43,44)(H,45,46)(H,47,48). The van der Waals surface area contributed by atoms with Crippen LogP contribution in [0.3, 0.4) is 0 Å². The lowest BCUT2D eigenvalue weighted by atomic mass is 10.1. The summed E-state index contributed by atoms with van der Waals surface area (Å²) in [7, 11) is 0. The molecular formula is C40H32O8S7. The molecule has 0 radical (unpaired) electrons. The minimum atomic E-state index is -0.864. The monoisotopic (exact) mass is 864 g/mol. The summed E-state index contributed by atoms with van der Waals surface area (Å²) >= 11 is 11.4. The highest BCUT2D eigenvalue weighted by Crippen LogP contribution is 2.50. The number of thiophene rings is 7. The van der Waals surface area contributed by atoms with Crippen molar-refractivity contribution in [2.45, 2.75) is 51.4 Å². The number of carboxylic acids is 4. The van der Waals surface area contributed by atoms with Gasteiger partial charge in [-0.15, -0.1) is 79.4 Å². The van der Waals surface area contributed by atoms with E-state index in [1.807, 2.05) is 22.9 Å². The molecule has 0 saturated carbocycles. The molecule has 0 aromatic carbocycles. The molecule has 282 valence electrons. The fourth-order valence-corrected chi connectivity index (χ4v) is 14.2. The molecule has 4 N–H and O–H groups in total. The van der Waals surface area contributed by atoms with Crippen LogP contribution >= 0.6 is 79.4 Å². The van der Waals surface area contributed by atoms with Crippen molar-refractivity contribution in [2.24, 2.45) is 0 Å². The quantitative estimate of drug-likeness (QED) is 0.0666. The van der Waals surface area contributed by atoms with E-state index in [-0.39, 0.29) is 25.7 Å². The number of aliphatic carboxylic acids is 4. The van der Waals surface area contributed by atoms with E-state index in [9.17, 15) is 39.6 Å². The van der Waals surface area contributed by atoms with Gasteiger partial charge in [0.15, 0.2) is 0 Å². The molecule has 7 aromatic rings. The smallest absolute Gasteiger partial charge is 0.303 e. The highest BCUT2D eigenvalue weighted by molar-refractivity contribution is 7.31. The van der Waals surface area contributed by atoms with Crippen LogP contribution in [0.2, 0.25) is 0 Å².